The molecule has 104 valence electrons. The predicted molar refractivity (Wildman–Crippen MR) is 60.3 cm³/mol. The van der Waals surface area contributed by atoms with Crippen molar-refractivity contribution < 1.29 is 17.9 Å². The number of hydrogen-bond acceptors (Lipinski definition) is 4. The number of aryl methyl sites for hydroxylation is 1. The largest absolute Gasteiger partial charge is 0.475 e. The molecule has 0 saturated carbocycles. The van der Waals surface area contributed by atoms with E-state index in [-0.39, 0.29) is 12.5 Å². The Bertz CT molecular complexity index is 560. The SMILES string of the molecule is Cn1nc(OCCn2cc(N)cn2)cc1C(F)(F)F. The van der Waals surface area contributed by atoms with E-state index >= 15 is 0 Å². The molecule has 2 heterocycles. The van der Waals surface area contributed by atoms with E-state index in [9.17, 15) is 13.2 Å². The number of rotatable bonds is 4. The molecular formula is C10H12F3N5O. The molecule has 2 N–H and O–H groups in total. The monoisotopic (exact) mass is 275 g/mol. The Morgan fingerprint density at radius 1 is 1.42 bits per heavy atom. The summed E-state index contributed by atoms with van der Waals surface area (Å²) in [5.41, 5.74) is 5.12. The summed E-state index contributed by atoms with van der Waals surface area (Å²) in [6, 6.07) is 0.859. The Balaban J connectivity index is 1.93. The lowest BCUT2D eigenvalue weighted by atomic mass is 10.4. The van der Waals surface area contributed by atoms with Gasteiger partial charge in [0.2, 0.25) is 5.88 Å². The van der Waals surface area contributed by atoms with Crippen LogP contribution in [-0.2, 0) is 19.8 Å². The zero-order valence-electron chi connectivity index (χ0n) is 10.1. The highest BCUT2D eigenvalue weighted by molar-refractivity contribution is 5.30. The number of halogens is 3. The van der Waals surface area contributed by atoms with Gasteiger partial charge in [-0.05, 0) is 0 Å². The standard InChI is InChI=1S/C10H12F3N5O/c1-17-8(10(11,12)13)4-9(16-17)19-3-2-18-6-7(14)5-15-18/h4-6H,2-3,14H2,1H3. The average Bonchev–Trinajstić information content (AvgIpc) is 2.85. The van der Waals surface area contributed by atoms with Crippen molar-refractivity contribution in [2.24, 2.45) is 7.05 Å². The number of anilines is 1. The van der Waals surface area contributed by atoms with Crippen molar-refractivity contribution in [3.63, 3.8) is 0 Å². The van der Waals surface area contributed by atoms with Gasteiger partial charge in [-0.3, -0.25) is 9.36 Å². The number of nitrogen functional groups attached to an aromatic ring is 1. The van der Waals surface area contributed by atoms with Crippen molar-refractivity contribution in [3.8, 4) is 5.88 Å². The summed E-state index contributed by atoms with van der Waals surface area (Å²) >= 11 is 0. The zero-order valence-corrected chi connectivity index (χ0v) is 10.1. The highest BCUT2D eigenvalue weighted by atomic mass is 19.4. The Kier molecular flexibility index (Phi) is 3.36. The van der Waals surface area contributed by atoms with E-state index in [0.717, 1.165) is 10.7 Å². The maximum Gasteiger partial charge on any atom is 0.433 e. The summed E-state index contributed by atoms with van der Waals surface area (Å²) in [5.74, 6) is -0.0741. The minimum absolute atomic E-state index is 0.0741. The predicted octanol–water partition coefficient (Wildman–Crippen LogP) is 1.30. The molecule has 0 aliphatic carbocycles. The lowest BCUT2D eigenvalue weighted by Crippen LogP contribution is -2.11. The van der Waals surface area contributed by atoms with E-state index in [1.165, 1.54) is 17.9 Å². The third-order valence-electron chi connectivity index (χ3n) is 2.37. The fourth-order valence-electron chi connectivity index (χ4n) is 1.52. The van der Waals surface area contributed by atoms with Crippen LogP contribution < -0.4 is 10.5 Å². The first-order valence-corrected chi connectivity index (χ1v) is 5.38. The van der Waals surface area contributed by atoms with E-state index in [2.05, 4.69) is 10.2 Å². The molecule has 2 aromatic rings. The average molecular weight is 275 g/mol. The molecule has 0 atom stereocenters. The van der Waals surface area contributed by atoms with Crippen molar-refractivity contribution in [2.75, 3.05) is 12.3 Å². The quantitative estimate of drug-likeness (QED) is 0.913. The fourth-order valence-corrected chi connectivity index (χ4v) is 1.52. The van der Waals surface area contributed by atoms with Gasteiger partial charge in [-0.15, -0.1) is 5.10 Å². The van der Waals surface area contributed by atoms with E-state index in [1.807, 2.05) is 0 Å². The van der Waals surface area contributed by atoms with Crippen LogP contribution in [0.3, 0.4) is 0 Å². The Hall–Kier alpha value is -2.19. The van der Waals surface area contributed by atoms with Crippen LogP contribution in [0.25, 0.3) is 0 Å². The molecule has 0 amide bonds. The van der Waals surface area contributed by atoms with Gasteiger partial charge in [0.05, 0.1) is 18.4 Å². The summed E-state index contributed by atoms with van der Waals surface area (Å²) in [6.07, 6.45) is -1.37. The molecule has 0 fully saturated rings. The molecule has 0 unspecified atom stereocenters. The topological polar surface area (TPSA) is 70.9 Å². The van der Waals surface area contributed by atoms with Gasteiger partial charge in [0.25, 0.3) is 0 Å². The van der Waals surface area contributed by atoms with E-state index in [0.29, 0.717) is 12.2 Å². The van der Waals surface area contributed by atoms with Crippen LogP contribution in [0.2, 0.25) is 0 Å². The number of hydrogen-bond donors (Lipinski definition) is 1. The summed E-state index contributed by atoms with van der Waals surface area (Å²) in [7, 11) is 1.21. The Labute approximate surface area is 106 Å². The van der Waals surface area contributed by atoms with E-state index < -0.39 is 11.9 Å². The first kappa shape index (κ1) is 13.2. The lowest BCUT2D eigenvalue weighted by Gasteiger charge is -2.04. The number of ether oxygens (including phenoxy) is 1. The summed E-state index contributed by atoms with van der Waals surface area (Å²) in [6.45, 7) is 0.518. The minimum Gasteiger partial charge on any atom is -0.475 e. The van der Waals surface area contributed by atoms with Crippen molar-refractivity contribution in [3.05, 3.63) is 24.2 Å². The summed E-state index contributed by atoms with van der Waals surface area (Å²) in [4.78, 5) is 0. The molecule has 0 radical (unpaired) electrons. The maximum atomic E-state index is 12.5. The highest BCUT2D eigenvalue weighted by Gasteiger charge is 2.35. The van der Waals surface area contributed by atoms with Crippen molar-refractivity contribution >= 4 is 5.69 Å². The van der Waals surface area contributed by atoms with Crippen LogP contribution in [0, 0.1) is 0 Å². The molecule has 19 heavy (non-hydrogen) atoms. The van der Waals surface area contributed by atoms with Crippen LogP contribution in [0.1, 0.15) is 5.69 Å². The number of nitrogens with zero attached hydrogens (tertiary/aromatic N) is 4. The van der Waals surface area contributed by atoms with Gasteiger partial charge in [0.15, 0.2) is 0 Å². The van der Waals surface area contributed by atoms with Gasteiger partial charge >= 0.3 is 6.18 Å². The fraction of sp³-hybridized carbons (Fsp3) is 0.400. The molecule has 0 aliphatic rings. The van der Waals surface area contributed by atoms with Crippen molar-refractivity contribution in [1.82, 2.24) is 19.6 Å². The maximum absolute atomic E-state index is 12.5. The molecule has 0 aliphatic heterocycles. The van der Waals surface area contributed by atoms with Crippen molar-refractivity contribution in [1.29, 1.82) is 0 Å². The smallest absolute Gasteiger partial charge is 0.433 e. The third-order valence-corrected chi connectivity index (χ3v) is 2.37. The highest BCUT2D eigenvalue weighted by Crippen LogP contribution is 2.30. The molecular weight excluding hydrogens is 263 g/mol. The zero-order chi connectivity index (χ0) is 14.0. The normalized spacial score (nSPS) is 11.8. The Morgan fingerprint density at radius 2 is 2.16 bits per heavy atom. The van der Waals surface area contributed by atoms with E-state index in [1.54, 1.807) is 6.20 Å². The van der Waals surface area contributed by atoms with Gasteiger partial charge in [-0.1, -0.05) is 0 Å². The molecule has 2 aromatic heterocycles. The molecule has 0 saturated heterocycles. The van der Waals surface area contributed by atoms with Gasteiger partial charge in [-0.2, -0.15) is 18.3 Å². The molecule has 9 heteroatoms. The molecule has 2 rings (SSSR count). The first-order chi connectivity index (χ1) is 8.86. The van der Waals surface area contributed by atoms with Gasteiger partial charge < -0.3 is 10.5 Å². The van der Waals surface area contributed by atoms with Crippen LogP contribution in [0.4, 0.5) is 18.9 Å². The molecule has 0 spiro atoms. The Morgan fingerprint density at radius 3 is 2.68 bits per heavy atom. The molecule has 6 nitrogen and oxygen atoms in total. The summed E-state index contributed by atoms with van der Waals surface area (Å²) in [5, 5.41) is 7.55. The van der Waals surface area contributed by atoms with Gasteiger partial charge in [0.1, 0.15) is 12.3 Å². The second-order valence-electron chi connectivity index (χ2n) is 3.87. The third kappa shape index (κ3) is 3.18. The lowest BCUT2D eigenvalue weighted by molar-refractivity contribution is -0.143. The van der Waals surface area contributed by atoms with Crippen molar-refractivity contribution in [2.45, 2.75) is 12.7 Å². The molecule has 0 aromatic carbocycles. The number of nitrogens with two attached hydrogens (primary N) is 1. The van der Waals surface area contributed by atoms with Crippen LogP contribution in [0.5, 0.6) is 5.88 Å². The number of alkyl halides is 3. The van der Waals surface area contributed by atoms with Crippen LogP contribution in [-0.4, -0.2) is 26.2 Å². The molecule has 0 bridgehead atoms. The van der Waals surface area contributed by atoms with Gasteiger partial charge in [-0.25, -0.2) is 0 Å². The first-order valence-electron chi connectivity index (χ1n) is 5.38. The van der Waals surface area contributed by atoms with Crippen LogP contribution in [0.15, 0.2) is 18.5 Å². The minimum atomic E-state index is -4.44. The van der Waals surface area contributed by atoms with Crippen LogP contribution >= 0.6 is 0 Å². The van der Waals surface area contributed by atoms with Gasteiger partial charge in [0, 0.05) is 19.3 Å². The second kappa shape index (κ2) is 4.82. The number of aromatic nitrogens is 4. The summed E-state index contributed by atoms with van der Waals surface area (Å²) < 4.78 is 44.9. The second-order valence-corrected chi connectivity index (χ2v) is 3.87. The van der Waals surface area contributed by atoms with E-state index in [4.69, 9.17) is 10.5 Å².